The zero-order chi connectivity index (χ0) is 10.7. The molecule has 2 saturated heterocycles. The van der Waals surface area contributed by atoms with Crippen LogP contribution in [-0.4, -0.2) is 47.8 Å². The Morgan fingerprint density at radius 1 is 1.33 bits per heavy atom. The molecule has 88 valence electrons. The third-order valence-electron chi connectivity index (χ3n) is 4.02. The van der Waals surface area contributed by atoms with Gasteiger partial charge in [-0.15, -0.1) is 0 Å². The summed E-state index contributed by atoms with van der Waals surface area (Å²) in [6.07, 6.45) is 6.40. The Morgan fingerprint density at radius 3 is 2.93 bits per heavy atom. The molecule has 0 aromatic heterocycles. The van der Waals surface area contributed by atoms with Gasteiger partial charge in [0, 0.05) is 24.7 Å². The van der Waals surface area contributed by atoms with Crippen LogP contribution >= 0.6 is 0 Å². The van der Waals surface area contributed by atoms with Gasteiger partial charge in [-0.1, -0.05) is 13.3 Å². The molecule has 2 unspecified atom stereocenters. The van der Waals surface area contributed by atoms with Crippen LogP contribution in [0, 0.1) is 0 Å². The lowest BCUT2D eigenvalue weighted by Gasteiger charge is -2.34. The van der Waals surface area contributed by atoms with E-state index >= 15 is 0 Å². The minimum absolute atomic E-state index is 0.278. The second-order valence-electron chi connectivity index (χ2n) is 4.95. The zero-order valence-corrected chi connectivity index (χ0v) is 9.78. The predicted octanol–water partition coefficient (Wildman–Crippen LogP) is 0.974. The number of rotatable bonds is 4. The van der Waals surface area contributed by atoms with Gasteiger partial charge in [0.05, 0.1) is 6.61 Å². The van der Waals surface area contributed by atoms with E-state index in [0.717, 1.165) is 12.5 Å². The maximum atomic E-state index is 9.21. The Balaban J connectivity index is 1.87. The molecule has 15 heavy (non-hydrogen) atoms. The first-order valence-corrected chi connectivity index (χ1v) is 6.46. The van der Waals surface area contributed by atoms with Gasteiger partial charge in [0.1, 0.15) is 0 Å². The smallest absolute Gasteiger partial charge is 0.0584 e. The van der Waals surface area contributed by atoms with Crippen molar-refractivity contribution in [3.05, 3.63) is 0 Å². The van der Waals surface area contributed by atoms with E-state index in [2.05, 4.69) is 17.1 Å². The average Bonchev–Trinajstić information content (AvgIpc) is 2.69. The Morgan fingerprint density at radius 2 is 2.20 bits per heavy atom. The number of hydrogen-bond acceptors (Lipinski definition) is 3. The van der Waals surface area contributed by atoms with E-state index in [1.54, 1.807) is 0 Å². The highest BCUT2D eigenvalue weighted by molar-refractivity contribution is 4.95. The van der Waals surface area contributed by atoms with E-state index in [1.165, 1.54) is 38.8 Å². The lowest BCUT2D eigenvalue weighted by molar-refractivity contribution is 0.164. The van der Waals surface area contributed by atoms with Gasteiger partial charge in [-0.25, -0.2) is 0 Å². The molecule has 0 spiro atoms. The van der Waals surface area contributed by atoms with Crippen LogP contribution in [0.5, 0.6) is 0 Å². The molecule has 0 aliphatic carbocycles. The molecule has 0 aromatic carbocycles. The van der Waals surface area contributed by atoms with Crippen LogP contribution in [0.1, 0.15) is 39.0 Å². The van der Waals surface area contributed by atoms with Crippen LogP contribution in [0.3, 0.4) is 0 Å². The molecule has 3 nitrogen and oxygen atoms in total. The summed E-state index contributed by atoms with van der Waals surface area (Å²) in [6, 6.07) is 1.68. The van der Waals surface area contributed by atoms with Gasteiger partial charge in [-0.3, -0.25) is 4.90 Å². The third-order valence-corrected chi connectivity index (χ3v) is 4.02. The minimum atomic E-state index is 0.278. The van der Waals surface area contributed by atoms with E-state index < -0.39 is 0 Å². The number of fused-ring (bicyclic) bond motifs is 1. The summed E-state index contributed by atoms with van der Waals surface area (Å²) in [5, 5.41) is 12.8. The molecule has 2 N–H and O–H groups in total. The molecule has 0 saturated carbocycles. The molecule has 0 aromatic rings. The topological polar surface area (TPSA) is 35.5 Å². The van der Waals surface area contributed by atoms with Crippen molar-refractivity contribution in [2.24, 2.45) is 0 Å². The highest BCUT2D eigenvalue weighted by Gasteiger charge is 2.35. The molecule has 2 aliphatic rings. The Labute approximate surface area is 92.8 Å². The van der Waals surface area contributed by atoms with Gasteiger partial charge in [0.15, 0.2) is 0 Å². The fourth-order valence-corrected chi connectivity index (χ4v) is 3.04. The average molecular weight is 212 g/mol. The number of aliphatic hydroxyl groups is 1. The molecule has 2 rings (SSSR count). The van der Waals surface area contributed by atoms with Gasteiger partial charge in [-0.05, 0) is 32.2 Å². The van der Waals surface area contributed by atoms with E-state index in [-0.39, 0.29) is 6.61 Å². The zero-order valence-electron chi connectivity index (χ0n) is 9.78. The summed E-state index contributed by atoms with van der Waals surface area (Å²) in [5.41, 5.74) is 0. The third kappa shape index (κ3) is 2.52. The summed E-state index contributed by atoms with van der Waals surface area (Å²) in [4.78, 5) is 2.63. The molecule has 0 amide bonds. The van der Waals surface area contributed by atoms with Crippen LogP contribution < -0.4 is 5.32 Å². The van der Waals surface area contributed by atoms with Crippen molar-refractivity contribution in [2.45, 2.75) is 57.2 Å². The fraction of sp³-hybridized carbons (Fsp3) is 1.00. The quantitative estimate of drug-likeness (QED) is 0.729. The fourth-order valence-electron chi connectivity index (χ4n) is 3.04. The standard InChI is InChI=1S/C12H24N2O/c1-2-10(9-15)13-11-6-8-14-7-4-3-5-12(11)14/h10-13,15H,2-9H2,1H3/t10-,11?,12?/m1/s1. The van der Waals surface area contributed by atoms with Gasteiger partial charge in [0.2, 0.25) is 0 Å². The molecule has 3 atom stereocenters. The molecule has 2 aliphatic heterocycles. The van der Waals surface area contributed by atoms with Crippen LogP contribution in [0.25, 0.3) is 0 Å². The van der Waals surface area contributed by atoms with Crippen molar-refractivity contribution >= 4 is 0 Å². The first kappa shape index (κ1) is 11.4. The van der Waals surface area contributed by atoms with Gasteiger partial charge in [0.25, 0.3) is 0 Å². The van der Waals surface area contributed by atoms with Gasteiger partial charge < -0.3 is 10.4 Å². The molecule has 3 heteroatoms. The number of aliphatic hydroxyl groups excluding tert-OH is 1. The minimum Gasteiger partial charge on any atom is -0.395 e. The summed E-state index contributed by atoms with van der Waals surface area (Å²) in [5.74, 6) is 0. The first-order valence-electron chi connectivity index (χ1n) is 6.46. The molecular weight excluding hydrogens is 188 g/mol. The number of nitrogens with one attached hydrogen (secondary N) is 1. The van der Waals surface area contributed by atoms with E-state index in [4.69, 9.17) is 0 Å². The maximum absolute atomic E-state index is 9.21. The second kappa shape index (κ2) is 5.28. The van der Waals surface area contributed by atoms with Gasteiger partial charge in [-0.2, -0.15) is 0 Å². The summed E-state index contributed by atoms with van der Waals surface area (Å²) in [7, 11) is 0. The second-order valence-corrected chi connectivity index (χ2v) is 4.95. The summed E-state index contributed by atoms with van der Waals surface area (Å²) < 4.78 is 0. The van der Waals surface area contributed by atoms with Crippen molar-refractivity contribution in [3.63, 3.8) is 0 Å². The van der Waals surface area contributed by atoms with Crippen LogP contribution in [0.2, 0.25) is 0 Å². The Hall–Kier alpha value is -0.120. The van der Waals surface area contributed by atoms with Crippen molar-refractivity contribution < 1.29 is 5.11 Å². The Bertz CT molecular complexity index is 194. The number of hydrogen-bond donors (Lipinski definition) is 2. The SMILES string of the molecule is CC[C@H](CO)NC1CCN2CCCCC12. The largest absolute Gasteiger partial charge is 0.395 e. The van der Waals surface area contributed by atoms with E-state index in [0.29, 0.717) is 12.1 Å². The summed E-state index contributed by atoms with van der Waals surface area (Å²) in [6.45, 7) is 4.96. The first-order chi connectivity index (χ1) is 7.35. The highest BCUT2D eigenvalue weighted by atomic mass is 16.3. The molecule has 2 fully saturated rings. The molecule has 0 radical (unpaired) electrons. The van der Waals surface area contributed by atoms with E-state index in [1.807, 2.05) is 0 Å². The van der Waals surface area contributed by atoms with Crippen LogP contribution in [0.15, 0.2) is 0 Å². The molecule has 0 bridgehead atoms. The maximum Gasteiger partial charge on any atom is 0.0584 e. The lowest BCUT2D eigenvalue weighted by Crippen LogP contribution is -2.49. The van der Waals surface area contributed by atoms with Crippen molar-refractivity contribution in [2.75, 3.05) is 19.7 Å². The number of piperidine rings is 1. The van der Waals surface area contributed by atoms with Gasteiger partial charge >= 0.3 is 0 Å². The van der Waals surface area contributed by atoms with Crippen molar-refractivity contribution in [1.29, 1.82) is 0 Å². The molecule has 2 heterocycles. The molecular formula is C12H24N2O. The van der Waals surface area contributed by atoms with Crippen LogP contribution in [-0.2, 0) is 0 Å². The van der Waals surface area contributed by atoms with Crippen LogP contribution in [0.4, 0.5) is 0 Å². The van der Waals surface area contributed by atoms with Crippen molar-refractivity contribution in [3.8, 4) is 0 Å². The monoisotopic (exact) mass is 212 g/mol. The lowest BCUT2D eigenvalue weighted by atomic mass is 9.98. The van der Waals surface area contributed by atoms with Crippen molar-refractivity contribution in [1.82, 2.24) is 10.2 Å². The van der Waals surface area contributed by atoms with E-state index in [9.17, 15) is 5.11 Å². The summed E-state index contributed by atoms with van der Waals surface area (Å²) >= 11 is 0. The normalized spacial score (nSPS) is 34.0. The predicted molar refractivity (Wildman–Crippen MR) is 61.9 cm³/mol. The number of nitrogens with zero attached hydrogens (tertiary/aromatic N) is 1. The Kier molecular flexibility index (Phi) is 4.00. The highest BCUT2D eigenvalue weighted by Crippen LogP contribution is 2.27.